The van der Waals surface area contributed by atoms with Gasteiger partial charge >= 0.3 is 5.97 Å². The Bertz CT molecular complexity index is 1120. The standard InChI is InChI=1S/C25H28ClFN4O2/c1-16-11-22(28-14-16)30-21-8-4-6-19(29-21)13-25(24(32)33)9-10-31(17(2)12-25)15-18-5-3-7-20(26)23(18)27/h3-8,11,17H,9-10,12-15H2,1-2H3,(H,32,33)(H,28,29,30). The molecule has 6 nitrogen and oxygen atoms in total. The molecule has 0 aliphatic carbocycles. The highest BCUT2D eigenvalue weighted by atomic mass is 35.5. The maximum absolute atomic E-state index is 14.4. The summed E-state index contributed by atoms with van der Waals surface area (Å²) in [4.78, 5) is 23.6. The van der Waals surface area contributed by atoms with Crippen molar-refractivity contribution >= 4 is 29.2 Å². The molecule has 8 heteroatoms. The summed E-state index contributed by atoms with van der Waals surface area (Å²) in [5, 5.41) is 13.5. The van der Waals surface area contributed by atoms with E-state index in [9.17, 15) is 14.3 Å². The molecule has 1 saturated heterocycles. The zero-order valence-electron chi connectivity index (χ0n) is 18.8. The van der Waals surface area contributed by atoms with Gasteiger partial charge in [0.05, 0.1) is 17.0 Å². The Balaban J connectivity index is 1.47. The van der Waals surface area contributed by atoms with Gasteiger partial charge in [-0.2, -0.15) is 0 Å². The fraction of sp³-hybridized carbons (Fsp3) is 0.400. The lowest BCUT2D eigenvalue weighted by Gasteiger charge is -2.43. The van der Waals surface area contributed by atoms with Crippen LogP contribution in [0.2, 0.25) is 5.02 Å². The number of anilines is 1. The molecule has 0 spiro atoms. The number of carbonyl (C=O) groups is 1. The van der Waals surface area contributed by atoms with Crippen molar-refractivity contribution in [1.82, 2.24) is 9.88 Å². The highest BCUT2D eigenvalue weighted by Gasteiger charge is 2.44. The molecule has 2 aliphatic heterocycles. The maximum Gasteiger partial charge on any atom is 0.310 e. The summed E-state index contributed by atoms with van der Waals surface area (Å²) in [7, 11) is 0. The molecule has 1 aromatic heterocycles. The molecule has 2 aliphatic rings. The maximum atomic E-state index is 14.4. The second-order valence-corrected chi connectivity index (χ2v) is 9.49. The van der Waals surface area contributed by atoms with Crippen LogP contribution in [0.15, 0.2) is 53.0 Å². The highest BCUT2D eigenvalue weighted by Crippen LogP contribution is 2.39. The molecule has 2 atom stereocenters. The number of nitrogens with one attached hydrogen (secondary N) is 1. The summed E-state index contributed by atoms with van der Waals surface area (Å²) in [6.07, 6.45) is 3.23. The number of hydrogen-bond acceptors (Lipinski definition) is 5. The SMILES string of the molecule is CC1=CC(Nc2cccc(CC3(C(=O)O)CCN(Cc4cccc(Cl)c4F)C(C)C3)n2)=NC1. The Morgan fingerprint density at radius 1 is 1.33 bits per heavy atom. The third-order valence-corrected chi connectivity index (χ3v) is 6.80. The summed E-state index contributed by atoms with van der Waals surface area (Å²) in [6, 6.07) is 10.6. The number of amidine groups is 1. The number of aliphatic imine (C=N–C) groups is 1. The van der Waals surface area contributed by atoms with Crippen LogP contribution in [0.4, 0.5) is 10.2 Å². The number of benzene rings is 1. The molecule has 0 bridgehead atoms. The van der Waals surface area contributed by atoms with E-state index in [2.05, 4.69) is 20.2 Å². The molecule has 3 heterocycles. The fourth-order valence-corrected chi connectivity index (χ4v) is 4.86. The predicted molar refractivity (Wildman–Crippen MR) is 128 cm³/mol. The molecule has 2 aromatic rings. The summed E-state index contributed by atoms with van der Waals surface area (Å²) < 4.78 is 14.4. The molecule has 0 saturated carbocycles. The van der Waals surface area contributed by atoms with Crippen molar-refractivity contribution in [2.24, 2.45) is 10.4 Å². The number of likely N-dealkylation sites (tertiary alicyclic amines) is 1. The van der Waals surface area contributed by atoms with Crippen molar-refractivity contribution in [3.8, 4) is 0 Å². The number of nitrogens with zero attached hydrogens (tertiary/aromatic N) is 3. The van der Waals surface area contributed by atoms with E-state index in [0.29, 0.717) is 50.3 Å². The van der Waals surface area contributed by atoms with Crippen LogP contribution in [0.3, 0.4) is 0 Å². The summed E-state index contributed by atoms with van der Waals surface area (Å²) in [6.45, 7) is 5.65. The van der Waals surface area contributed by atoms with E-state index in [1.807, 2.05) is 38.1 Å². The van der Waals surface area contributed by atoms with Crippen molar-refractivity contribution in [3.05, 3.63) is 70.1 Å². The first-order valence-electron chi connectivity index (χ1n) is 11.1. The van der Waals surface area contributed by atoms with E-state index in [-0.39, 0.29) is 11.1 Å². The molecule has 2 unspecified atom stereocenters. The first-order valence-corrected chi connectivity index (χ1v) is 11.5. The van der Waals surface area contributed by atoms with E-state index >= 15 is 0 Å². The van der Waals surface area contributed by atoms with Crippen molar-refractivity contribution < 1.29 is 14.3 Å². The highest BCUT2D eigenvalue weighted by molar-refractivity contribution is 6.30. The van der Waals surface area contributed by atoms with Crippen LogP contribution in [0.5, 0.6) is 0 Å². The summed E-state index contributed by atoms with van der Waals surface area (Å²) in [5.41, 5.74) is 1.51. The van der Waals surface area contributed by atoms with Gasteiger partial charge in [0, 0.05) is 30.3 Å². The van der Waals surface area contributed by atoms with Gasteiger partial charge in [-0.25, -0.2) is 9.37 Å². The fourth-order valence-electron chi connectivity index (χ4n) is 4.67. The van der Waals surface area contributed by atoms with E-state index in [4.69, 9.17) is 11.6 Å². The van der Waals surface area contributed by atoms with Gasteiger partial charge in [0.25, 0.3) is 0 Å². The smallest absolute Gasteiger partial charge is 0.310 e. The van der Waals surface area contributed by atoms with Gasteiger partial charge in [-0.1, -0.05) is 29.8 Å². The lowest BCUT2D eigenvalue weighted by atomic mass is 9.72. The average molecular weight is 471 g/mol. The monoisotopic (exact) mass is 470 g/mol. The molecule has 174 valence electrons. The second kappa shape index (κ2) is 9.61. The van der Waals surface area contributed by atoms with Crippen molar-refractivity contribution in [1.29, 1.82) is 0 Å². The molecule has 4 rings (SSSR count). The molecule has 33 heavy (non-hydrogen) atoms. The second-order valence-electron chi connectivity index (χ2n) is 9.08. The number of pyridine rings is 1. The third kappa shape index (κ3) is 5.25. The minimum absolute atomic E-state index is 0.0319. The lowest BCUT2D eigenvalue weighted by molar-refractivity contribution is -0.153. The van der Waals surface area contributed by atoms with Crippen LogP contribution < -0.4 is 5.32 Å². The zero-order chi connectivity index (χ0) is 23.6. The Morgan fingerprint density at radius 3 is 2.82 bits per heavy atom. The van der Waals surface area contributed by atoms with Crippen LogP contribution in [-0.2, 0) is 17.8 Å². The average Bonchev–Trinajstić information content (AvgIpc) is 3.18. The lowest BCUT2D eigenvalue weighted by Crippen LogP contribution is -2.49. The van der Waals surface area contributed by atoms with Crippen LogP contribution in [0.1, 0.15) is 37.9 Å². The largest absolute Gasteiger partial charge is 0.481 e. The first-order chi connectivity index (χ1) is 15.8. The van der Waals surface area contributed by atoms with Gasteiger partial charge in [-0.05, 0) is 63.1 Å². The number of aliphatic carboxylic acids is 1. The molecular formula is C25H28ClFN4O2. The Labute approximate surface area is 198 Å². The van der Waals surface area contributed by atoms with Crippen LogP contribution in [-0.4, -0.2) is 45.9 Å². The predicted octanol–water partition coefficient (Wildman–Crippen LogP) is 4.94. The first kappa shape index (κ1) is 23.4. The summed E-state index contributed by atoms with van der Waals surface area (Å²) >= 11 is 5.92. The molecule has 1 aromatic carbocycles. The van der Waals surface area contributed by atoms with Crippen LogP contribution in [0.25, 0.3) is 0 Å². The molecular weight excluding hydrogens is 443 g/mol. The quantitative estimate of drug-likeness (QED) is 0.625. The minimum Gasteiger partial charge on any atom is -0.481 e. The normalized spacial score (nSPS) is 23.2. The van der Waals surface area contributed by atoms with E-state index in [1.54, 1.807) is 12.1 Å². The number of hydrogen-bond donors (Lipinski definition) is 2. The van der Waals surface area contributed by atoms with Gasteiger partial charge in [0.2, 0.25) is 0 Å². The van der Waals surface area contributed by atoms with E-state index < -0.39 is 17.2 Å². The number of aromatic nitrogens is 1. The van der Waals surface area contributed by atoms with Crippen LogP contribution >= 0.6 is 11.6 Å². The Morgan fingerprint density at radius 2 is 2.12 bits per heavy atom. The molecule has 2 N–H and O–H groups in total. The van der Waals surface area contributed by atoms with Gasteiger partial charge in [0.1, 0.15) is 17.5 Å². The van der Waals surface area contributed by atoms with Gasteiger partial charge in [-0.15, -0.1) is 0 Å². The van der Waals surface area contributed by atoms with Crippen molar-refractivity contribution in [2.75, 3.05) is 18.4 Å². The van der Waals surface area contributed by atoms with Crippen LogP contribution in [0, 0.1) is 11.2 Å². The van der Waals surface area contributed by atoms with Gasteiger partial charge < -0.3 is 10.4 Å². The number of halogens is 2. The minimum atomic E-state index is -0.921. The van der Waals surface area contributed by atoms with Crippen molar-refractivity contribution in [2.45, 2.75) is 45.7 Å². The molecule has 0 amide bonds. The van der Waals surface area contributed by atoms with Crippen molar-refractivity contribution in [3.63, 3.8) is 0 Å². The number of rotatable bonds is 6. The van der Waals surface area contributed by atoms with Gasteiger partial charge in [0.15, 0.2) is 0 Å². The van der Waals surface area contributed by atoms with E-state index in [0.717, 1.165) is 11.5 Å². The Hall–Kier alpha value is -2.77. The van der Waals surface area contributed by atoms with E-state index in [1.165, 1.54) is 11.6 Å². The third-order valence-electron chi connectivity index (χ3n) is 6.51. The number of piperidine rings is 1. The number of carboxylic acids is 1. The Kier molecular flexibility index (Phi) is 6.81. The molecule has 1 fully saturated rings. The molecule has 0 radical (unpaired) electrons. The topological polar surface area (TPSA) is 77.8 Å². The van der Waals surface area contributed by atoms with Gasteiger partial charge in [-0.3, -0.25) is 14.7 Å². The number of carboxylic acid groups (broad SMARTS) is 1. The zero-order valence-corrected chi connectivity index (χ0v) is 19.6. The summed E-state index contributed by atoms with van der Waals surface area (Å²) in [5.74, 6) is 0.189.